The third kappa shape index (κ3) is 11.0. The van der Waals surface area contributed by atoms with Crippen LogP contribution in [0.15, 0.2) is 218 Å². The molecule has 0 saturated heterocycles. The molecule has 0 aliphatic carbocycles. The zero-order valence-electron chi connectivity index (χ0n) is 34.9. The molecule has 0 nitrogen and oxygen atoms in total. The van der Waals surface area contributed by atoms with Crippen molar-refractivity contribution in [3.05, 3.63) is 241 Å². The van der Waals surface area contributed by atoms with Gasteiger partial charge in [0.15, 0.2) is 0 Å². The van der Waals surface area contributed by atoms with Crippen molar-refractivity contribution in [2.45, 2.75) is 26.9 Å². The van der Waals surface area contributed by atoms with Crippen molar-refractivity contribution in [2.24, 2.45) is 0 Å². The van der Waals surface area contributed by atoms with Gasteiger partial charge in [0.2, 0.25) is 0 Å². The van der Waals surface area contributed by atoms with Gasteiger partial charge in [0.25, 0.3) is 0 Å². The van der Waals surface area contributed by atoms with Crippen molar-refractivity contribution in [1.82, 2.24) is 0 Å². The van der Waals surface area contributed by atoms with Crippen LogP contribution < -0.4 is 0 Å². The fourth-order valence-electron chi connectivity index (χ4n) is 7.62. The van der Waals surface area contributed by atoms with E-state index in [1.807, 2.05) is 36.4 Å². The number of rotatable bonds is 5. The summed E-state index contributed by atoms with van der Waals surface area (Å²) in [4.78, 5) is 0. The molecule has 0 amide bonds. The molecule has 0 saturated carbocycles. The van der Waals surface area contributed by atoms with E-state index in [0.29, 0.717) is 0 Å². The summed E-state index contributed by atoms with van der Waals surface area (Å²) < 4.78 is 0. The van der Waals surface area contributed by atoms with E-state index in [9.17, 15) is 0 Å². The van der Waals surface area contributed by atoms with E-state index in [2.05, 4.69) is 221 Å². The summed E-state index contributed by atoms with van der Waals surface area (Å²) in [6, 6.07) is 73.1. The Morgan fingerprint density at radius 1 is 0.383 bits per heavy atom. The van der Waals surface area contributed by atoms with Gasteiger partial charge in [0.1, 0.15) is 0 Å². The zero-order chi connectivity index (χ0) is 41.7. The van der Waals surface area contributed by atoms with Crippen LogP contribution in [0.5, 0.6) is 0 Å². The zero-order valence-corrected chi connectivity index (χ0v) is 38.4. The smallest absolute Gasteiger partial charge is 0.0114 e. The maximum Gasteiger partial charge on any atom is -0.0114 e. The molecule has 0 aliphatic rings. The molecule has 0 heterocycles. The van der Waals surface area contributed by atoms with Gasteiger partial charge in [-0.2, -0.15) is 12.1 Å². The third-order valence-electron chi connectivity index (χ3n) is 10.2. The van der Waals surface area contributed by atoms with E-state index in [1.54, 1.807) is 23.3 Å². The summed E-state index contributed by atoms with van der Waals surface area (Å²) in [6.45, 7) is 8.94. The Morgan fingerprint density at radius 3 is 1.10 bits per heavy atom. The molecule has 0 radical (unpaired) electrons. The molecule has 0 aromatic heterocycles. The van der Waals surface area contributed by atoms with Crippen LogP contribution in [0.25, 0.3) is 77.5 Å². The van der Waals surface area contributed by atoms with Crippen LogP contribution in [-0.4, -0.2) is 5.43 Å². The molecule has 290 valence electrons. The molecule has 0 N–H and O–H groups in total. The van der Waals surface area contributed by atoms with Crippen molar-refractivity contribution in [3.8, 4) is 22.3 Å². The van der Waals surface area contributed by atoms with Gasteiger partial charge in [-0.25, -0.2) is 0 Å². The number of benzene rings is 8. The van der Waals surface area contributed by atoms with Gasteiger partial charge >= 0.3 is 41.9 Å². The number of hydrogen-bond acceptors (Lipinski definition) is 0. The van der Waals surface area contributed by atoms with E-state index >= 15 is 0 Å². The predicted molar refractivity (Wildman–Crippen MR) is 263 cm³/mol. The molecule has 0 bridgehead atoms. The minimum Gasteiger partial charge on any atom is -0.165 e. The van der Waals surface area contributed by atoms with Crippen LogP contribution in [0, 0.1) is 13.8 Å². The quantitative estimate of drug-likeness (QED) is 0.0918. The summed E-state index contributed by atoms with van der Waals surface area (Å²) in [5.41, 5.74) is 10.6. The molecule has 10 aromatic carbocycles. The molecule has 10 rings (SSSR count). The number of allylic oxidation sites excluding steroid dienone is 2. The second-order valence-electron chi connectivity index (χ2n) is 15.3. The van der Waals surface area contributed by atoms with Gasteiger partial charge in [-0.1, -0.05) is 207 Å². The molecule has 2 heteroatoms. The van der Waals surface area contributed by atoms with E-state index in [0.717, 1.165) is 0 Å². The van der Waals surface area contributed by atoms with Gasteiger partial charge in [-0.05, 0) is 43.8 Å². The first kappa shape index (κ1) is 42.2. The summed E-state index contributed by atoms with van der Waals surface area (Å²) in [6.07, 6.45) is 8.31. The molecule has 0 fully saturated rings. The fourth-order valence-corrected chi connectivity index (χ4v) is 7.62. The standard InChI is InChI=1S/2C20H15.C16H14.C2H6Si.Zr/c2*1-14-12-16-8-5-11-19(20(16)13-14)18-10-4-7-15-6-2-3-9-17(15)18;1-3-9-15(10-4-1)13-7-8-14-16-11-5-2-6-12-16;1-3-2;/h2*2-13H,1H3;1-14H;1-2H3;/q2*-1;;;+2. The minimum atomic E-state index is 0.210. The van der Waals surface area contributed by atoms with Gasteiger partial charge in [-0.3, -0.25) is 0 Å². The Labute approximate surface area is 371 Å². The average molecular weight is 866 g/mol. The molecule has 0 unspecified atom stereocenters. The van der Waals surface area contributed by atoms with Gasteiger partial charge in [-0.15, -0.1) is 69.1 Å². The first-order valence-corrected chi connectivity index (χ1v) is 26.8. The van der Waals surface area contributed by atoms with E-state index in [4.69, 9.17) is 0 Å². The Balaban J connectivity index is 0.000000131. The SMILES string of the molecule is C(C=Cc1ccccc1)=Cc1ccccc1.C[Si](C)=[Zr+2].Cc1cc2c(-c3cccc4ccccc34)cccc2[cH-]1.Cc1cc2c(-c3cccc4ccccc34)cccc2[cH-]1. The van der Waals surface area contributed by atoms with E-state index in [1.165, 1.54) is 87.6 Å². The normalized spacial score (nSPS) is 11.0. The van der Waals surface area contributed by atoms with Gasteiger partial charge < -0.3 is 0 Å². The van der Waals surface area contributed by atoms with Crippen LogP contribution in [0.1, 0.15) is 22.3 Å². The molecule has 10 aromatic rings. The van der Waals surface area contributed by atoms with Crippen molar-refractivity contribution < 1.29 is 23.3 Å². The number of fused-ring (bicyclic) bond motifs is 4. The van der Waals surface area contributed by atoms with Crippen LogP contribution in [-0.2, 0) is 23.3 Å². The Hall–Kier alpha value is -5.92. The first-order chi connectivity index (χ1) is 29.3. The van der Waals surface area contributed by atoms with E-state index < -0.39 is 0 Å². The second kappa shape index (κ2) is 20.9. The van der Waals surface area contributed by atoms with Crippen LogP contribution in [0.4, 0.5) is 0 Å². The first-order valence-electron chi connectivity index (χ1n) is 20.6. The summed E-state index contributed by atoms with van der Waals surface area (Å²) in [5.74, 6) is 0. The second-order valence-corrected chi connectivity index (χ2v) is 24.6. The van der Waals surface area contributed by atoms with Gasteiger partial charge in [0, 0.05) is 0 Å². The van der Waals surface area contributed by atoms with E-state index in [-0.39, 0.29) is 5.43 Å². The summed E-state index contributed by atoms with van der Waals surface area (Å²) in [5, 5.41) is 10.6. The minimum absolute atomic E-state index is 0.210. The Morgan fingerprint density at radius 2 is 0.700 bits per heavy atom. The topological polar surface area (TPSA) is 0 Å². The van der Waals surface area contributed by atoms with Crippen molar-refractivity contribution in [2.75, 3.05) is 0 Å². The molecular weight excluding hydrogens is 816 g/mol. The summed E-state index contributed by atoms with van der Waals surface area (Å²) in [7, 11) is 0. The molecule has 60 heavy (non-hydrogen) atoms. The molecule has 0 atom stereocenters. The fraction of sp³-hybridized carbons (Fsp3) is 0.0690. The third-order valence-corrected chi connectivity index (χ3v) is 10.2. The molecular formula is C58H50SiZr. The maximum atomic E-state index is 2.31. The van der Waals surface area contributed by atoms with Crippen molar-refractivity contribution in [1.29, 1.82) is 0 Å². The van der Waals surface area contributed by atoms with Crippen molar-refractivity contribution in [3.63, 3.8) is 0 Å². The average Bonchev–Trinajstić information content (AvgIpc) is 3.87. The monoisotopic (exact) mass is 864 g/mol. The number of hydrogen-bond donors (Lipinski definition) is 0. The predicted octanol–water partition coefficient (Wildman–Crippen LogP) is 16.6. The number of aryl methyl sites for hydroxylation is 2. The molecule has 0 spiro atoms. The van der Waals surface area contributed by atoms with Crippen LogP contribution in [0.2, 0.25) is 13.1 Å². The van der Waals surface area contributed by atoms with Crippen LogP contribution >= 0.6 is 0 Å². The largest absolute Gasteiger partial charge is 0.165 e. The van der Waals surface area contributed by atoms with Crippen LogP contribution in [0.3, 0.4) is 0 Å². The van der Waals surface area contributed by atoms with Gasteiger partial charge in [0.05, 0.1) is 0 Å². The Bertz CT molecular complexity index is 2810. The Kier molecular flexibility index (Phi) is 14.7. The summed E-state index contributed by atoms with van der Waals surface area (Å²) >= 11 is 1.74. The molecule has 0 aliphatic heterocycles. The van der Waals surface area contributed by atoms with Crippen molar-refractivity contribution >= 4 is 60.7 Å². The maximum absolute atomic E-state index is 2.31.